The van der Waals surface area contributed by atoms with Crippen LogP contribution in [0.5, 0.6) is 0 Å². The van der Waals surface area contributed by atoms with E-state index in [1.165, 1.54) is 50.0 Å². The van der Waals surface area contributed by atoms with Crippen LogP contribution in [0.3, 0.4) is 0 Å². The highest BCUT2D eigenvalue weighted by Gasteiger charge is 2.20. The van der Waals surface area contributed by atoms with Gasteiger partial charge in [0.15, 0.2) is 0 Å². The maximum absolute atomic E-state index is 12.2. The first kappa shape index (κ1) is 16.2. The Balaban J connectivity index is 1.49. The van der Waals surface area contributed by atoms with Gasteiger partial charge < -0.3 is 15.1 Å². The van der Waals surface area contributed by atoms with Gasteiger partial charge in [0.05, 0.1) is 0 Å². The first-order valence-electron chi connectivity index (χ1n) is 9.09. The van der Waals surface area contributed by atoms with Gasteiger partial charge in [0.25, 0.3) is 0 Å². The van der Waals surface area contributed by atoms with E-state index in [2.05, 4.69) is 41.4 Å². The Kier molecular flexibility index (Phi) is 5.42. The van der Waals surface area contributed by atoms with Gasteiger partial charge in [-0.15, -0.1) is 0 Å². The second-order valence-corrected chi connectivity index (χ2v) is 7.07. The van der Waals surface area contributed by atoms with Gasteiger partial charge in [-0.25, -0.2) is 4.79 Å². The molecule has 126 valence electrons. The van der Waals surface area contributed by atoms with Gasteiger partial charge in [-0.3, -0.25) is 0 Å². The molecule has 2 fully saturated rings. The molecule has 0 aliphatic carbocycles. The van der Waals surface area contributed by atoms with E-state index in [1.807, 2.05) is 4.90 Å². The third-order valence-electron chi connectivity index (χ3n) is 5.05. The number of rotatable bonds is 3. The van der Waals surface area contributed by atoms with E-state index in [9.17, 15) is 4.79 Å². The molecule has 4 nitrogen and oxygen atoms in total. The van der Waals surface area contributed by atoms with Crippen LogP contribution in [0, 0.1) is 5.92 Å². The number of amides is 2. The first-order chi connectivity index (χ1) is 11.2. The average Bonchev–Trinajstić information content (AvgIpc) is 2.61. The van der Waals surface area contributed by atoms with Crippen LogP contribution in [0.1, 0.15) is 44.6 Å². The number of nitrogens with one attached hydrogen (secondary N) is 1. The molecule has 0 spiro atoms. The van der Waals surface area contributed by atoms with Gasteiger partial charge in [0.1, 0.15) is 0 Å². The van der Waals surface area contributed by atoms with Crippen LogP contribution < -0.4 is 10.2 Å². The van der Waals surface area contributed by atoms with E-state index in [1.54, 1.807) is 0 Å². The number of likely N-dealkylation sites (tertiary alicyclic amines) is 1. The van der Waals surface area contributed by atoms with E-state index in [0.29, 0.717) is 12.5 Å². The van der Waals surface area contributed by atoms with Crippen molar-refractivity contribution >= 4 is 11.7 Å². The molecule has 1 atom stereocenters. The lowest BCUT2D eigenvalue weighted by molar-refractivity contribution is 0.169. The smallest absolute Gasteiger partial charge is 0.317 e. The quantitative estimate of drug-likeness (QED) is 0.925. The molecule has 0 saturated carbocycles. The van der Waals surface area contributed by atoms with E-state index >= 15 is 0 Å². The third kappa shape index (κ3) is 4.40. The lowest BCUT2D eigenvalue weighted by Crippen LogP contribution is -2.44. The molecule has 1 unspecified atom stereocenters. The molecule has 2 amide bonds. The van der Waals surface area contributed by atoms with Crippen LogP contribution in [0.4, 0.5) is 10.5 Å². The van der Waals surface area contributed by atoms with Crippen LogP contribution in [-0.4, -0.2) is 37.1 Å². The number of nitrogens with zero attached hydrogens (tertiary/aromatic N) is 2. The molecule has 0 bridgehead atoms. The van der Waals surface area contributed by atoms with Crippen molar-refractivity contribution in [3.63, 3.8) is 0 Å². The van der Waals surface area contributed by atoms with Crippen molar-refractivity contribution in [1.29, 1.82) is 0 Å². The Morgan fingerprint density at radius 2 is 1.83 bits per heavy atom. The zero-order valence-electron chi connectivity index (χ0n) is 14.3. The van der Waals surface area contributed by atoms with E-state index in [4.69, 9.17) is 0 Å². The van der Waals surface area contributed by atoms with Crippen molar-refractivity contribution < 1.29 is 4.79 Å². The fourth-order valence-corrected chi connectivity index (χ4v) is 3.64. The molecule has 23 heavy (non-hydrogen) atoms. The first-order valence-corrected chi connectivity index (χ1v) is 9.09. The second kappa shape index (κ2) is 7.71. The van der Waals surface area contributed by atoms with Crippen molar-refractivity contribution in [3.05, 3.63) is 29.8 Å². The molecule has 0 radical (unpaired) electrons. The van der Waals surface area contributed by atoms with Crippen molar-refractivity contribution in [1.82, 2.24) is 10.2 Å². The minimum Gasteiger partial charge on any atom is -0.372 e. The topological polar surface area (TPSA) is 35.6 Å². The molecule has 3 rings (SSSR count). The molecule has 1 aromatic rings. The summed E-state index contributed by atoms with van der Waals surface area (Å²) in [6.07, 6.45) is 6.31. The average molecular weight is 315 g/mol. The van der Waals surface area contributed by atoms with Gasteiger partial charge in [0, 0.05) is 38.4 Å². The van der Waals surface area contributed by atoms with E-state index < -0.39 is 0 Å². The summed E-state index contributed by atoms with van der Waals surface area (Å²) in [7, 11) is 0. The number of carbonyl (C=O) groups excluding carboxylic acids is 1. The summed E-state index contributed by atoms with van der Waals surface area (Å²) in [4.78, 5) is 16.7. The zero-order valence-corrected chi connectivity index (χ0v) is 14.3. The van der Waals surface area contributed by atoms with Gasteiger partial charge >= 0.3 is 6.03 Å². The molecule has 0 aromatic heterocycles. The van der Waals surface area contributed by atoms with Crippen LogP contribution in [-0.2, 0) is 6.54 Å². The number of hydrogen-bond donors (Lipinski definition) is 1. The zero-order chi connectivity index (χ0) is 16.1. The Labute approximate surface area is 139 Å². The molecule has 2 saturated heterocycles. The molecule has 2 heterocycles. The molecule has 1 N–H and O–H groups in total. The Morgan fingerprint density at radius 3 is 2.52 bits per heavy atom. The van der Waals surface area contributed by atoms with Crippen molar-refractivity contribution in [2.24, 2.45) is 5.92 Å². The predicted octanol–water partition coefficient (Wildman–Crippen LogP) is 3.62. The summed E-state index contributed by atoms with van der Waals surface area (Å²) in [6.45, 7) is 6.96. The summed E-state index contributed by atoms with van der Waals surface area (Å²) in [5.41, 5.74) is 2.48. The van der Waals surface area contributed by atoms with E-state index in [-0.39, 0.29) is 6.03 Å². The highest BCUT2D eigenvalue weighted by molar-refractivity contribution is 5.74. The van der Waals surface area contributed by atoms with Gasteiger partial charge in [-0.1, -0.05) is 19.1 Å². The maximum Gasteiger partial charge on any atom is 0.317 e. The monoisotopic (exact) mass is 315 g/mol. The third-order valence-corrected chi connectivity index (χ3v) is 5.05. The number of piperidine rings is 2. The molecular weight excluding hydrogens is 286 g/mol. The van der Waals surface area contributed by atoms with Crippen LogP contribution in [0.15, 0.2) is 24.3 Å². The highest BCUT2D eigenvalue weighted by Crippen LogP contribution is 2.20. The Hall–Kier alpha value is -1.71. The number of hydrogen-bond acceptors (Lipinski definition) is 2. The van der Waals surface area contributed by atoms with Gasteiger partial charge in [0.2, 0.25) is 0 Å². The summed E-state index contributed by atoms with van der Waals surface area (Å²) in [5, 5.41) is 3.06. The van der Waals surface area contributed by atoms with Crippen LogP contribution in [0.2, 0.25) is 0 Å². The number of carbonyl (C=O) groups is 1. The summed E-state index contributed by atoms with van der Waals surface area (Å²) in [6, 6.07) is 8.74. The lowest BCUT2D eigenvalue weighted by atomic mass is 10.0. The maximum atomic E-state index is 12.2. The Bertz CT molecular complexity index is 508. The lowest BCUT2D eigenvalue weighted by Gasteiger charge is -2.31. The van der Waals surface area contributed by atoms with Crippen LogP contribution >= 0.6 is 0 Å². The number of urea groups is 1. The van der Waals surface area contributed by atoms with E-state index in [0.717, 1.165) is 19.5 Å². The fourth-order valence-electron chi connectivity index (χ4n) is 3.64. The van der Waals surface area contributed by atoms with Crippen molar-refractivity contribution in [2.75, 3.05) is 31.1 Å². The standard InChI is InChI=1S/C19H29N3O/c1-16-6-5-13-22(15-16)19(23)20-14-17-7-9-18(10-8-17)21-11-3-2-4-12-21/h7-10,16H,2-6,11-15H2,1H3,(H,20,23). The SMILES string of the molecule is CC1CCCN(C(=O)NCc2ccc(N3CCCCC3)cc2)C1. The summed E-state index contributed by atoms with van der Waals surface area (Å²) in [5.74, 6) is 0.623. The van der Waals surface area contributed by atoms with Gasteiger partial charge in [-0.2, -0.15) is 0 Å². The minimum absolute atomic E-state index is 0.0802. The fraction of sp³-hybridized carbons (Fsp3) is 0.632. The molecule has 1 aromatic carbocycles. The van der Waals surface area contributed by atoms with Crippen LogP contribution in [0.25, 0.3) is 0 Å². The normalized spacial score (nSPS) is 22.0. The summed E-state index contributed by atoms with van der Waals surface area (Å²) >= 11 is 0. The minimum atomic E-state index is 0.0802. The predicted molar refractivity (Wildman–Crippen MR) is 94.7 cm³/mol. The Morgan fingerprint density at radius 1 is 1.09 bits per heavy atom. The number of anilines is 1. The second-order valence-electron chi connectivity index (χ2n) is 7.07. The molecular formula is C19H29N3O. The molecule has 2 aliphatic rings. The highest BCUT2D eigenvalue weighted by atomic mass is 16.2. The van der Waals surface area contributed by atoms with Crippen molar-refractivity contribution in [3.8, 4) is 0 Å². The largest absolute Gasteiger partial charge is 0.372 e. The number of benzene rings is 1. The molecule has 2 aliphatic heterocycles. The summed E-state index contributed by atoms with van der Waals surface area (Å²) < 4.78 is 0. The van der Waals surface area contributed by atoms with Crippen molar-refractivity contribution in [2.45, 2.75) is 45.6 Å². The molecule has 4 heteroatoms. The van der Waals surface area contributed by atoms with Gasteiger partial charge in [-0.05, 0) is 55.7 Å².